The summed E-state index contributed by atoms with van der Waals surface area (Å²) in [4.78, 5) is 0.314. The number of methoxy groups -OCH3 is 1. The lowest BCUT2D eigenvalue weighted by Gasteiger charge is -2.30. The second-order valence-corrected chi connectivity index (χ2v) is 9.28. The van der Waals surface area contributed by atoms with Gasteiger partial charge in [-0.05, 0) is 68.9 Å². The number of aryl methyl sites for hydroxylation is 1. The van der Waals surface area contributed by atoms with E-state index in [1.165, 1.54) is 12.1 Å². The topological polar surface area (TPSA) is 46.6 Å². The molecule has 6 heteroatoms. The van der Waals surface area contributed by atoms with Crippen molar-refractivity contribution >= 4 is 10.0 Å². The molecule has 0 bridgehead atoms. The lowest BCUT2D eigenvalue weighted by atomic mass is 10.0. The van der Waals surface area contributed by atoms with Gasteiger partial charge in [-0.25, -0.2) is 12.8 Å². The highest BCUT2D eigenvalue weighted by Gasteiger charge is 2.42. The molecule has 1 heterocycles. The average Bonchev–Trinajstić information content (AvgIpc) is 3.11. The van der Waals surface area contributed by atoms with Crippen LogP contribution in [-0.2, 0) is 14.8 Å². The molecule has 0 amide bonds. The molecule has 1 aliphatic rings. The Labute approximate surface area is 167 Å². The fourth-order valence-corrected chi connectivity index (χ4v) is 5.84. The zero-order valence-electron chi connectivity index (χ0n) is 16.5. The van der Waals surface area contributed by atoms with Gasteiger partial charge in [-0.1, -0.05) is 29.8 Å². The molecule has 1 saturated heterocycles. The smallest absolute Gasteiger partial charge is 0.243 e. The Bertz CT molecular complexity index is 866. The van der Waals surface area contributed by atoms with E-state index in [0.717, 1.165) is 43.2 Å². The average molecular weight is 406 g/mol. The van der Waals surface area contributed by atoms with Gasteiger partial charge in [0.25, 0.3) is 0 Å². The molecule has 0 spiro atoms. The fraction of sp³-hybridized carbons (Fsp3) is 0.455. The van der Waals surface area contributed by atoms with Crippen LogP contribution in [-0.4, -0.2) is 32.5 Å². The molecule has 2 atom stereocenters. The van der Waals surface area contributed by atoms with E-state index in [2.05, 4.69) is 0 Å². The molecule has 1 fully saturated rings. The summed E-state index contributed by atoms with van der Waals surface area (Å²) in [5, 5.41) is 0. The monoisotopic (exact) mass is 405 g/mol. The predicted octanol–water partition coefficient (Wildman–Crippen LogP) is 4.85. The minimum absolute atomic E-state index is 0.0572. The molecule has 28 heavy (non-hydrogen) atoms. The number of rotatable bonds is 8. The van der Waals surface area contributed by atoms with E-state index in [1.807, 2.05) is 19.1 Å². The molecule has 0 saturated carbocycles. The van der Waals surface area contributed by atoms with Crippen LogP contribution in [0.25, 0.3) is 0 Å². The summed E-state index contributed by atoms with van der Waals surface area (Å²) in [6, 6.07) is 12.9. The summed E-state index contributed by atoms with van der Waals surface area (Å²) in [5.74, 6) is -0.314. The first kappa shape index (κ1) is 21.0. The van der Waals surface area contributed by atoms with Crippen LogP contribution in [0, 0.1) is 12.7 Å². The summed E-state index contributed by atoms with van der Waals surface area (Å²) >= 11 is 0. The molecule has 0 aliphatic carbocycles. The maximum absolute atomic E-state index is 13.5. The van der Waals surface area contributed by atoms with Crippen LogP contribution in [0.3, 0.4) is 0 Å². The van der Waals surface area contributed by atoms with Gasteiger partial charge in [0.05, 0.1) is 10.9 Å². The van der Waals surface area contributed by atoms with Gasteiger partial charge in [-0.15, -0.1) is 0 Å². The molecule has 0 N–H and O–H groups in total. The summed E-state index contributed by atoms with van der Waals surface area (Å²) in [6.45, 7) is 2.62. The van der Waals surface area contributed by atoms with Crippen molar-refractivity contribution in [2.75, 3.05) is 13.7 Å². The first-order chi connectivity index (χ1) is 13.4. The Morgan fingerprint density at radius 2 is 1.71 bits per heavy atom. The molecule has 2 aromatic rings. The van der Waals surface area contributed by atoms with Crippen LogP contribution in [0.4, 0.5) is 4.39 Å². The van der Waals surface area contributed by atoms with Crippen molar-refractivity contribution in [2.24, 2.45) is 0 Å². The number of nitrogens with zero attached hydrogens (tertiary/aromatic N) is 1. The van der Waals surface area contributed by atoms with Gasteiger partial charge in [0.15, 0.2) is 0 Å². The number of halogens is 1. The van der Waals surface area contributed by atoms with Gasteiger partial charge in [0.2, 0.25) is 10.0 Å². The van der Waals surface area contributed by atoms with Crippen LogP contribution < -0.4 is 0 Å². The standard InChI is InChI=1S/C22H28FNO3S/c1-17-6-13-21(14-7-17)28(25,26)24-20(5-3-4-16-27-2)12-15-22(24)18-8-10-19(23)11-9-18/h6-11,13-14,20,22H,3-5,12,15-16H2,1-2H3/t20-,22-/m0/s1. The van der Waals surface area contributed by atoms with E-state index in [0.29, 0.717) is 11.5 Å². The minimum atomic E-state index is -3.65. The van der Waals surface area contributed by atoms with E-state index < -0.39 is 10.0 Å². The highest BCUT2D eigenvalue weighted by molar-refractivity contribution is 7.89. The van der Waals surface area contributed by atoms with Crippen LogP contribution in [0.5, 0.6) is 0 Å². The third-order valence-electron chi connectivity index (χ3n) is 5.43. The maximum atomic E-state index is 13.5. The summed E-state index contributed by atoms with van der Waals surface area (Å²) in [5.41, 5.74) is 1.86. The molecule has 4 nitrogen and oxygen atoms in total. The van der Waals surface area contributed by atoms with E-state index in [4.69, 9.17) is 4.74 Å². The highest BCUT2D eigenvalue weighted by atomic mass is 32.2. The summed E-state index contributed by atoms with van der Waals surface area (Å²) in [6.07, 6.45) is 4.17. The Morgan fingerprint density at radius 3 is 2.36 bits per heavy atom. The molecule has 0 aromatic heterocycles. The largest absolute Gasteiger partial charge is 0.385 e. The Morgan fingerprint density at radius 1 is 1.04 bits per heavy atom. The number of hydrogen-bond acceptors (Lipinski definition) is 3. The molecule has 152 valence electrons. The molecule has 3 rings (SSSR count). The molecular formula is C22H28FNO3S. The predicted molar refractivity (Wildman–Crippen MR) is 108 cm³/mol. The van der Waals surface area contributed by atoms with E-state index >= 15 is 0 Å². The normalized spacial score (nSPS) is 20.5. The van der Waals surface area contributed by atoms with Crippen molar-refractivity contribution < 1.29 is 17.5 Å². The molecule has 2 aromatic carbocycles. The Balaban J connectivity index is 1.92. The van der Waals surface area contributed by atoms with Gasteiger partial charge in [-0.2, -0.15) is 4.31 Å². The number of unbranched alkanes of at least 4 members (excludes halogenated alkanes) is 1. The van der Waals surface area contributed by atoms with Gasteiger partial charge >= 0.3 is 0 Å². The quantitative estimate of drug-likeness (QED) is 0.590. The van der Waals surface area contributed by atoms with Gasteiger partial charge < -0.3 is 4.74 Å². The van der Waals surface area contributed by atoms with Crippen molar-refractivity contribution in [1.29, 1.82) is 0 Å². The first-order valence-electron chi connectivity index (χ1n) is 9.78. The second-order valence-electron chi connectivity index (χ2n) is 7.44. The number of ether oxygens (including phenoxy) is 1. The van der Waals surface area contributed by atoms with Crippen molar-refractivity contribution in [1.82, 2.24) is 4.31 Å². The number of benzene rings is 2. The molecule has 1 aliphatic heterocycles. The maximum Gasteiger partial charge on any atom is 0.243 e. The zero-order chi connectivity index (χ0) is 20.1. The van der Waals surface area contributed by atoms with Crippen LogP contribution >= 0.6 is 0 Å². The third-order valence-corrected chi connectivity index (χ3v) is 7.40. The Hall–Kier alpha value is -1.76. The highest BCUT2D eigenvalue weighted by Crippen LogP contribution is 2.42. The molecular weight excluding hydrogens is 377 g/mol. The number of sulfonamides is 1. The minimum Gasteiger partial charge on any atom is -0.385 e. The fourth-order valence-electron chi connectivity index (χ4n) is 3.95. The molecule has 0 radical (unpaired) electrons. The van der Waals surface area contributed by atoms with Crippen LogP contribution in [0.2, 0.25) is 0 Å². The van der Waals surface area contributed by atoms with Gasteiger partial charge in [0.1, 0.15) is 5.82 Å². The van der Waals surface area contributed by atoms with Crippen LogP contribution in [0.15, 0.2) is 53.4 Å². The van der Waals surface area contributed by atoms with Gasteiger partial charge in [0, 0.05) is 19.8 Å². The number of hydrogen-bond donors (Lipinski definition) is 0. The first-order valence-corrected chi connectivity index (χ1v) is 11.2. The van der Waals surface area contributed by atoms with Crippen LogP contribution in [0.1, 0.15) is 49.3 Å². The van der Waals surface area contributed by atoms with E-state index in [1.54, 1.807) is 35.7 Å². The summed E-state index contributed by atoms with van der Waals surface area (Å²) in [7, 11) is -1.97. The van der Waals surface area contributed by atoms with E-state index in [9.17, 15) is 12.8 Å². The summed E-state index contributed by atoms with van der Waals surface area (Å²) < 4.78 is 47.2. The lowest BCUT2D eigenvalue weighted by Crippen LogP contribution is -2.37. The van der Waals surface area contributed by atoms with E-state index in [-0.39, 0.29) is 17.9 Å². The SMILES string of the molecule is COCCCC[C@H]1CC[C@@H](c2ccc(F)cc2)N1S(=O)(=O)c1ccc(C)cc1. The van der Waals surface area contributed by atoms with Crippen molar-refractivity contribution in [3.63, 3.8) is 0 Å². The van der Waals surface area contributed by atoms with Gasteiger partial charge in [-0.3, -0.25) is 0 Å². The third kappa shape index (κ3) is 4.62. The Kier molecular flexibility index (Phi) is 6.86. The van der Waals surface area contributed by atoms with Crippen molar-refractivity contribution in [3.05, 3.63) is 65.5 Å². The molecule has 0 unspecified atom stereocenters. The zero-order valence-corrected chi connectivity index (χ0v) is 17.3. The van der Waals surface area contributed by atoms with Crippen molar-refractivity contribution in [3.8, 4) is 0 Å². The second kappa shape index (κ2) is 9.16. The van der Waals surface area contributed by atoms with Crippen molar-refractivity contribution in [2.45, 2.75) is 56.0 Å². The lowest BCUT2D eigenvalue weighted by molar-refractivity contribution is 0.189.